The van der Waals surface area contributed by atoms with Gasteiger partial charge in [0, 0.05) is 17.6 Å². The monoisotopic (exact) mass is 364 g/mol. The Morgan fingerprint density at radius 3 is 2.42 bits per heavy atom. The molecule has 1 aromatic carbocycles. The standard InChI is InChI=1S/C19H21F3N2.C2H6/c1-24(2)11-10-16-15-8-3-4-9-17(15)23-18(16)13-6-5-7-14(12-13)19(20,21)22;1-2/h5-9,12,23H,3-4,10-11H2,1-2H3;1-2H3. The molecule has 1 heterocycles. The van der Waals surface area contributed by atoms with Gasteiger partial charge in [0.1, 0.15) is 0 Å². The van der Waals surface area contributed by atoms with Crippen molar-refractivity contribution in [3.63, 3.8) is 0 Å². The van der Waals surface area contributed by atoms with Gasteiger partial charge >= 0.3 is 6.18 Å². The summed E-state index contributed by atoms with van der Waals surface area (Å²) in [6.07, 6.45) is 2.73. The fourth-order valence-electron chi connectivity index (χ4n) is 3.12. The maximum Gasteiger partial charge on any atom is 0.416 e. The number of nitrogens with zero attached hydrogens (tertiary/aromatic N) is 1. The van der Waals surface area contributed by atoms with Crippen molar-refractivity contribution in [3.05, 3.63) is 46.0 Å². The van der Waals surface area contributed by atoms with Crippen LogP contribution in [0.4, 0.5) is 13.2 Å². The van der Waals surface area contributed by atoms with Crippen molar-refractivity contribution in [1.29, 1.82) is 0 Å². The summed E-state index contributed by atoms with van der Waals surface area (Å²) in [5, 5.41) is 2.18. The highest BCUT2D eigenvalue weighted by Crippen LogP contribution is 2.32. The molecule has 0 spiro atoms. The largest absolute Gasteiger partial charge is 0.416 e. The molecule has 1 aromatic heterocycles. The molecule has 0 bridgehead atoms. The predicted molar refractivity (Wildman–Crippen MR) is 102 cm³/mol. The van der Waals surface area contributed by atoms with Crippen LogP contribution in [0.5, 0.6) is 0 Å². The average Bonchev–Trinajstić information content (AvgIpc) is 3.00. The summed E-state index contributed by atoms with van der Waals surface area (Å²) in [6.45, 7) is 4.85. The average molecular weight is 364 g/mol. The fraction of sp³-hybridized carbons (Fsp3) is 0.429. The van der Waals surface area contributed by atoms with Gasteiger partial charge in [-0.2, -0.15) is 13.2 Å². The van der Waals surface area contributed by atoms with E-state index < -0.39 is 11.7 Å². The number of likely N-dealkylation sites (N-methyl/N-ethyl adjacent to an activating group) is 1. The topological polar surface area (TPSA) is 19.0 Å². The summed E-state index contributed by atoms with van der Waals surface area (Å²) >= 11 is 0. The zero-order valence-electron chi connectivity index (χ0n) is 15.9. The lowest BCUT2D eigenvalue weighted by atomic mass is 10.0. The SMILES string of the molecule is CC.CN(C)CCc1c(-c2cccc(C(F)(F)F)c2)[nH]c2c1=CCCC=2. The molecule has 1 aliphatic rings. The minimum atomic E-state index is -4.33. The second-order valence-corrected chi connectivity index (χ2v) is 6.42. The number of aromatic nitrogens is 1. The van der Waals surface area contributed by atoms with Crippen LogP contribution in [0.3, 0.4) is 0 Å². The first-order valence-corrected chi connectivity index (χ1v) is 9.10. The van der Waals surface area contributed by atoms with E-state index in [9.17, 15) is 13.2 Å². The third-order valence-corrected chi connectivity index (χ3v) is 4.33. The number of halogens is 3. The highest BCUT2D eigenvalue weighted by molar-refractivity contribution is 5.66. The highest BCUT2D eigenvalue weighted by Gasteiger charge is 2.30. The van der Waals surface area contributed by atoms with Crippen molar-refractivity contribution in [3.8, 4) is 11.3 Å². The summed E-state index contributed by atoms with van der Waals surface area (Å²) in [5.41, 5.74) is 1.89. The molecule has 0 saturated carbocycles. The predicted octanol–water partition coefficient (Wildman–Crippen LogP) is 4.19. The van der Waals surface area contributed by atoms with E-state index in [1.165, 1.54) is 12.1 Å². The maximum absolute atomic E-state index is 13.0. The van der Waals surface area contributed by atoms with Crippen molar-refractivity contribution in [2.45, 2.75) is 39.3 Å². The Bertz CT molecular complexity index is 845. The Morgan fingerprint density at radius 1 is 1.08 bits per heavy atom. The van der Waals surface area contributed by atoms with Crippen LogP contribution in [-0.2, 0) is 12.6 Å². The fourth-order valence-corrected chi connectivity index (χ4v) is 3.12. The molecule has 5 heteroatoms. The summed E-state index contributed by atoms with van der Waals surface area (Å²) in [6, 6.07) is 5.56. The Labute approximate surface area is 153 Å². The van der Waals surface area contributed by atoms with Crippen molar-refractivity contribution >= 4 is 12.2 Å². The van der Waals surface area contributed by atoms with Gasteiger partial charge < -0.3 is 9.88 Å². The van der Waals surface area contributed by atoms with Crippen molar-refractivity contribution in [2.24, 2.45) is 0 Å². The number of rotatable bonds is 4. The zero-order valence-corrected chi connectivity index (χ0v) is 15.9. The molecule has 0 amide bonds. The van der Waals surface area contributed by atoms with E-state index in [1.54, 1.807) is 6.07 Å². The molecule has 0 fully saturated rings. The summed E-state index contributed by atoms with van der Waals surface area (Å²) in [4.78, 5) is 5.43. The minimum absolute atomic E-state index is 0.592. The van der Waals surface area contributed by atoms with Crippen molar-refractivity contribution in [1.82, 2.24) is 9.88 Å². The smallest absolute Gasteiger partial charge is 0.355 e. The molecule has 0 aliphatic heterocycles. The van der Waals surface area contributed by atoms with Crippen LogP contribution in [0.1, 0.15) is 37.8 Å². The van der Waals surface area contributed by atoms with E-state index in [4.69, 9.17) is 0 Å². The van der Waals surface area contributed by atoms with Gasteiger partial charge in [-0.15, -0.1) is 0 Å². The first-order valence-electron chi connectivity index (χ1n) is 9.10. The number of aromatic amines is 1. The Balaban J connectivity index is 0.00000117. The third-order valence-electron chi connectivity index (χ3n) is 4.33. The van der Waals surface area contributed by atoms with Crippen molar-refractivity contribution in [2.75, 3.05) is 20.6 Å². The number of nitrogens with one attached hydrogen (secondary N) is 1. The Morgan fingerprint density at radius 2 is 1.77 bits per heavy atom. The molecule has 3 rings (SSSR count). The van der Waals surface area contributed by atoms with E-state index in [0.717, 1.165) is 53.7 Å². The zero-order chi connectivity index (χ0) is 19.3. The van der Waals surface area contributed by atoms with Gasteiger partial charge in [-0.1, -0.05) is 38.1 Å². The molecule has 1 N–H and O–H groups in total. The lowest BCUT2D eigenvalue weighted by Gasteiger charge is -2.12. The van der Waals surface area contributed by atoms with E-state index in [2.05, 4.69) is 22.0 Å². The molecule has 2 aromatic rings. The lowest BCUT2D eigenvalue weighted by Crippen LogP contribution is -2.28. The van der Waals surface area contributed by atoms with Crippen LogP contribution in [0.25, 0.3) is 23.4 Å². The van der Waals surface area contributed by atoms with Crippen LogP contribution < -0.4 is 10.6 Å². The van der Waals surface area contributed by atoms with Gasteiger partial charge in [0.15, 0.2) is 0 Å². The molecule has 1 aliphatic carbocycles. The number of fused-ring (bicyclic) bond motifs is 1. The van der Waals surface area contributed by atoms with Crippen LogP contribution in [-0.4, -0.2) is 30.5 Å². The first kappa shape index (κ1) is 20.3. The summed E-state index contributed by atoms with van der Waals surface area (Å²) < 4.78 is 39.1. The second kappa shape index (κ2) is 8.58. The van der Waals surface area contributed by atoms with Crippen LogP contribution >= 0.6 is 0 Å². The highest BCUT2D eigenvalue weighted by atomic mass is 19.4. The Kier molecular flexibility index (Phi) is 6.70. The van der Waals surface area contributed by atoms with Gasteiger partial charge in [0.2, 0.25) is 0 Å². The molecule has 26 heavy (non-hydrogen) atoms. The van der Waals surface area contributed by atoms with E-state index in [-0.39, 0.29) is 0 Å². The number of H-pyrrole nitrogens is 1. The molecule has 2 nitrogen and oxygen atoms in total. The second-order valence-electron chi connectivity index (χ2n) is 6.42. The van der Waals surface area contributed by atoms with E-state index >= 15 is 0 Å². The molecular weight excluding hydrogens is 337 g/mol. The van der Waals surface area contributed by atoms with E-state index in [1.807, 2.05) is 27.9 Å². The number of alkyl halides is 3. The van der Waals surface area contributed by atoms with Gasteiger partial charge in [-0.25, -0.2) is 0 Å². The molecular formula is C21H27F3N2. The van der Waals surface area contributed by atoms with Gasteiger partial charge in [-0.05, 0) is 61.8 Å². The molecule has 0 atom stereocenters. The third kappa shape index (κ3) is 4.58. The van der Waals surface area contributed by atoms with Crippen LogP contribution in [0.15, 0.2) is 24.3 Å². The first-order chi connectivity index (χ1) is 12.4. The maximum atomic E-state index is 13.0. The number of hydrogen-bond acceptors (Lipinski definition) is 1. The number of benzene rings is 1. The van der Waals surface area contributed by atoms with Crippen LogP contribution in [0, 0.1) is 0 Å². The summed E-state index contributed by atoms with van der Waals surface area (Å²) in [7, 11) is 4.00. The molecule has 0 saturated heterocycles. The molecule has 0 radical (unpaired) electrons. The minimum Gasteiger partial charge on any atom is -0.355 e. The molecule has 0 unspecified atom stereocenters. The Hall–Kier alpha value is -2.01. The summed E-state index contributed by atoms with van der Waals surface area (Å²) in [5.74, 6) is 0. The normalized spacial score (nSPS) is 13.4. The lowest BCUT2D eigenvalue weighted by molar-refractivity contribution is -0.137. The molecule has 142 valence electrons. The van der Waals surface area contributed by atoms with Crippen molar-refractivity contribution < 1.29 is 13.2 Å². The van der Waals surface area contributed by atoms with Crippen LogP contribution in [0.2, 0.25) is 0 Å². The van der Waals surface area contributed by atoms with Gasteiger partial charge in [-0.3, -0.25) is 0 Å². The van der Waals surface area contributed by atoms with E-state index in [0.29, 0.717) is 5.56 Å². The van der Waals surface area contributed by atoms with Gasteiger partial charge in [0.05, 0.1) is 5.56 Å². The number of hydrogen-bond donors (Lipinski definition) is 1. The quantitative estimate of drug-likeness (QED) is 0.862. The van der Waals surface area contributed by atoms with Gasteiger partial charge in [0.25, 0.3) is 0 Å².